The number of ether oxygens (including phenoxy) is 1. The van der Waals surface area contributed by atoms with Gasteiger partial charge in [-0.25, -0.2) is 0 Å². The van der Waals surface area contributed by atoms with E-state index in [1.54, 1.807) is 6.08 Å². The SMILES string of the molecule is C=CC(O)c1ccc2ccccc2c1-c1c(OCCC)ccc2ccccc12. The van der Waals surface area contributed by atoms with Gasteiger partial charge < -0.3 is 9.84 Å². The van der Waals surface area contributed by atoms with Gasteiger partial charge in [-0.2, -0.15) is 0 Å². The van der Waals surface area contributed by atoms with Crippen LogP contribution < -0.4 is 4.74 Å². The zero-order chi connectivity index (χ0) is 19.5. The molecule has 2 nitrogen and oxygen atoms in total. The molecule has 0 saturated carbocycles. The van der Waals surface area contributed by atoms with Gasteiger partial charge in [-0.05, 0) is 45.2 Å². The van der Waals surface area contributed by atoms with Gasteiger partial charge in [0, 0.05) is 5.56 Å². The van der Waals surface area contributed by atoms with E-state index in [-0.39, 0.29) is 0 Å². The number of benzene rings is 4. The van der Waals surface area contributed by atoms with Gasteiger partial charge in [0.05, 0.1) is 12.7 Å². The minimum absolute atomic E-state index is 0.648. The van der Waals surface area contributed by atoms with Crippen LogP contribution in [0, 0.1) is 0 Å². The van der Waals surface area contributed by atoms with Gasteiger partial charge in [0.25, 0.3) is 0 Å². The number of fused-ring (bicyclic) bond motifs is 2. The Morgan fingerprint density at radius 3 is 2.11 bits per heavy atom. The first-order chi connectivity index (χ1) is 13.7. The predicted molar refractivity (Wildman–Crippen MR) is 118 cm³/mol. The number of hydrogen-bond acceptors (Lipinski definition) is 2. The lowest BCUT2D eigenvalue weighted by Gasteiger charge is -2.20. The van der Waals surface area contributed by atoms with Crippen LogP contribution >= 0.6 is 0 Å². The second-order valence-electron chi connectivity index (χ2n) is 6.94. The Kier molecular flexibility index (Phi) is 5.14. The summed E-state index contributed by atoms with van der Waals surface area (Å²) >= 11 is 0. The predicted octanol–water partition coefficient (Wildman–Crippen LogP) is 6.67. The molecule has 4 aromatic rings. The summed E-state index contributed by atoms with van der Waals surface area (Å²) in [4.78, 5) is 0. The first-order valence-corrected chi connectivity index (χ1v) is 9.71. The minimum Gasteiger partial charge on any atom is -0.493 e. The number of hydrogen-bond donors (Lipinski definition) is 1. The number of aliphatic hydroxyl groups is 1. The van der Waals surface area contributed by atoms with Crippen LogP contribution in [0.3, 0.4) is 0 Å². The Morgan fingerprint density at radius 1 is 0.857 bits per heavy atom. The lowest BCUT2D eigenvalue weighted by Crippen LogP contribution is -2.02. The van der Waals surface area contributed by atoms with Crippen LogP contribution in [0.1, 0.15) is 25.0 Å². The average Bonchev–Trinajstić information content (AvgIpc) is 2.76. The third-order valence-electron chi connectivity index (χ3n) is 5.11. The summed E-state index contributed by atoms with van der Waals surface area (Å²) < 4.78 is 6.16. The molecule has 4 aromatic carbocycles. The van der Waals surface area contributed by atoms with Crippen molar-refractivity contribution >= 4 is 21.5 Å². The van der Waals surface area contributed by atoms with Gasteiger partial charge in [0.2, 0.25) is 0 Å². The molecule has 0 spiro atoms. The topological polar surface area (TPSA) is 29.5 Å². The first kappa shape index (κ1) is 18.3. The maximum atomic E-state index is 10.7. The van der Waals surface area contributed by atoms with E-state index in [9.17, 15) is 5.11 Å². The summed E-state index contributed by atoms with van der Waals surface area (Å²) in [6, 6.07) is 24.8. The van der Waals surface area contributed by atoms with E-state index in [4.69, 9.17) is 4.74 Å². The van der Waals surface area contributed by atoms with Crippen molar-refractivity contribution in [3.8, 4) is 16.9 Å². The normalized spacial score (nSPS) is 12.2. The van der Waals surface area contributed by atoms with Crippen LogP contribution in [0.4, 0.5) is 0 Å². The van der Waals surface area contributed by atoms with Crippen LogP contribution in [0.5, 0.6) is 5.75 Å². The summed E-state index contributed by atoms with van der Waals surface area (Å²) in [5.74, 6) is 0.842. The zero-order valence-electron chi connectivity index (χ0n) is 16.1. The van der Waals surface area contributed by atoms with E-state index in [2.05, 4.69) is 49.9 Å². The fourth-order valence-electron chi connectivity index (χ4n) is 3.78. The highest BCUT2D eigenvalue weighted by atomic mass is 16.5. The summed E-state index contributed by atoms with van der Waals surface area (Å²) in [5.41, 5.74) is 2.87. The summed E-state index contributed by atoms with van der Waals surface area (Å²) in [6.45, 7) is 6.56. The molecule has 0 heterocycles. The van der Waals surface area contributed by atoms with Crippen molar-refractivity contribution in [1.82, 2.24) is 0 Å². The Morgan fingerprint density at radius 2 is 1.46 bits per heavy atom. The molecule has 1 atom stereocenters. The molecule has 2 heteroatoms. The highest BCUT2D eigenvalue weighted by Gasteiger charge is 2.20. The van der Waals surface area contributed by atoms with Gasteiger partial charge in [0.15, 0.2) is 0 Å². The van der Waals surface area contributed by atoms with Crippen LogP contribution in [0.15, 0.2) is 85.5 Å². The summed E-state index contributed by atoms with van der Waals surface area (Å²) in [6.07, 6.45) is 1.76. The monoisotopic (exact) mass is 368 g/mol. The molecule has 0 aromatic heterocycles. The van der Waals surface area contributed by atoms with Gasteiger partial charge in [-0.3, -0.25) is 0 Å². The van der Waals surface area contributed by atoms with Crippen molar-refractivity contribution in [3.05, 3.63) is 91.0 Å². The van der Waals surface area contributed by atoms with Crippen LogP contribution in [0.25, 0.3) is 32.7 Å². The first-order valence-electron chi connectivity index (χ1n) is 9.71. The molecule has 1 N–H and O–H groups in total. The highest BCUT2D eigenvalue weighted by molar-refractivity contribution is 6.08. The van der Waals surface area contributed by atoms with Crippen molar-refractivity contribution in [3.63, 3.8) is 0 Å². The van der Waals surface area contributed by atoms with Gasteiger partial charge in [-0.15, -0.1) is 6.58 Å². The largest absolute Gasteiger partial charge is 0.493 e. The van der Waals surface area contributed by atoms with E-state index < -0.39 is 6.10 Å². The van der Waals surface area contributed by atoms with Gasteiger partial charge in [0.1, 0.15) is 5.75 Å². The van der Waals surface area contributed by atoms with E-state index in [1.807, 2.05) is 36.4 Å². The van der Waals surface area contributed by atoms with Crippen LogP contribution in [0.2, 0.25) is 0 Å². The third kappa shape index (κ3) is 3.17. The van der Waals surface area contributed by atoms with Crippen LogP contribution in [-0.2, 0) is 0 Å². The van der Waals surface area contributed by atoms with Crippen molar-refractivity contribution in [2.75, 3.05) is 6.61 Å². The van der Waals surface area contributed by atoms with E-state index in [0.29, 0.717) is 6.61 Å². The Balaban J connectivity index is 2.14. The molecule has 0 radical (unpaired) electrons. The Bertz CT molecular complexity index is 1140. The molecule has 28 heavy (non-hydrogen) atoms. The Labute approximate surface area is 165 Å². The standard InChI is InChI=1S/C26H24O2/c1-3-17-28-24-16-14-19-10-6-8-12-21(19)26(24)25-20-11-7-5-9-18(20)13-15-22(25)23(27)4-2/h4-16,23,27H,2-3,17H2,1H3. The quantitative estimate of drug-likeness (QED) is 0.385. The molecular weight excluding hydrogens is 344 g/mol. The minimum atomic E-state index is -0.752. The second kappa shape index (κ2) is 7.87. The molecule has 140 valence electrons. The van der Waals surface area contributed by atoms with Crippen LogP contribution in [-0.4, -0.2) is 11.7 Å². The van der Waals surface area contributed by atoms with E-state index in [0.717, 1.165) is 50.4 Å². The molecule has 0 amide bonds. The van der Waals surface area contributed by atoms with Gasteiger partial charge >= 0.3 is 0 Å². The molecule has 0 aliphatic heterocycles. The highest BCUT2D eigenvalue weighted by Crippen LogP contribution is 2.44. The number of rotatable bonds is 6. The molecule has 4 rings (SSSR count). The van der Waals surface area contributed by atoms with Crippen molar-refractivity contribution < 1.29 is 9.84 Å². The van der Waals surface area contributed by atoms with Gasteiger partial charge in [-0.1, -0.05) is 79.7 Å². The lowest BCUT2D eigenvalue weighted by atomic mass is 9.87. The maximum absolute atomic E-state index is 10.7. The zero-order valence-corrected chi connectivity index (χ0v) is 16.1. The average molecular weight is 368 g/mol. The fraction of sp³-hybridized carbons (Fsp3) is 0.154. The summed E-state index contributed by atoms with van der Waals surface area (Å²) in [5, 5.41) is 15.2. The number of aliphatic hydroxyl groups excluding tert-OH is 1. The smallest absolute Gasteiger partial charge is 0.127 e. The maximum Gasteiger partial charge on any atom is 0.127 e. The van der Waals surface area contributed by atoms with Crippen molar-refractivity contribution in [2.45, 2.75) is 19.4 Å². The molecule has 0 aliphatic rings. The molecule has 1 unspecified atom stereocenters. The molecule has 0 fully saturated rings. The lowest BCUT2D eigenvalue weighted by molar-refractivity contribution is 0.230. The molecule has 0 aliphatic carbocycles. The molecular formula is C26H24O2. The van der Waals surface area contributed by atoms with Crippen molar-refractivity contribution in [1.29, 1.82) is 0 Å². The molecule has 0 bridgehead atoms. The second-order valence-corrected chi connectivity index (χ2v) is 6.94. The fourth-order valence-corrected chi connectivity index (χ4v) is 3.78. The Hall–Kier alpha value is -3.10. The summed E-state index contributed by atoms with van der Waals surface area (Å²) in [7, 11) is 0. The molecule has 0 saturated heterocycles. The van der Waals surface area contributed by atoms with E-state index in [1.165, 1.54) is 0 Å². The van der Waals surface area contributed by atoms with E-state index >= 15 is 0 Å². The third-order valence-corrected chi connectivity index (χ3v) is 5.11. The van der Waals surface area contributed by atoms with Crippen molar-refractivity contribution in [2.24, 2.45) is 0 Å².